The molecule has 0 N–H and O–H groups in total. The van der Waals surface area contributed by atoms with Crippen molar-refractivity contribution in [2.45, 2.75) is 19.8 Å². The molecule has 1 aliphatic heterocycles. The van der Waals surface area contributed by atoms with Crippen molar-refractivity contribution in [1.29, 1.82) is 0 Å². The van der Waals surface area contributed by atoms with Gasteiger partial charge in [-0.1, -0.05) is 25.1 Å². The first-order valence-electron chi connectivity index (χ1n) is 6.20. The van der Waals surface area contributed by atoms with Crippen molar-refractivity contribution in [3.63, 3.8) is 0 Å². The molecule has 1 heterocycles. The van der Waals surface area contributed by atoms with E-state index in [4.69, 9.17) is 0 Å². The molecule has 1 unspecified atom stereocenters. The van der Waals surface area contributed by atoms with Crippen molar-refractivity contribution >= 4 is 11.6 Å². The van der Waals surface area contributed by atoms with Gasteiger partial charge in [-0.05, 0) is 18.6 Å². The molecule has 0 saturated heterocycles. The van der Waals surface area contributed by atoms with Gasteiger partial charge < -0.3 is 9.80 Å². The zero-order valence-corrected chi connectivity index (χ0v) is 11.7. The van der Waals surface area contributed by atoms with E-state index >= 15 is 0 Å². The Morgan fingerprint density at radius 1 is 1.28 bits per heavy atom. The highest BCUT2D eigenvalue weighted by Crippen LogP contribution is 2.40. The summed E-state index contributed by atoms with van der Waals surface area (Å²) in [4.78, 5) is 16.1. The zero-order valence-electron chi connectivity index (χ0n) is 11.7. The number of carbonyl (C=O) groups is 1. The minimum absolute atomic E-state index is 0.0985. The van der Waals surface area contributed by atoms with Crippen LogP contribution in [0.5, 0.6) is 0 Å². The van der Waals surface area contributed by atoms with Crippen LogP contribution in [0.1, 0.15) is 25.3 Å². The molecule has 96 valence electrons. The maximum absolute atomic E-state index is 12.3. The molecule has 0 spiro atoms. The van der Waals surface area contributed by atoms with Crippen molar-refractivity contribution in [2.24, 2.45) is 0 Å². The van der Waals surface area contributed by atoms with Crippen LogP contribution in [0.2, 0.25) is 0 Å². The highest BCUT2D eigenvalue weighted by Gasteiger charge is 2.30. The molecular weight excluding hydrogens is 224 g/mol. The van der Waals surface area contributed by atoms with Crippen LogP contribution in [0.3, 0.4) is 0 Å². The summed E-state index contributed by atoms with van der Waals surface area (Å²) in [5.74, 6) is 0.244. The summed E-state index contributed by atoms with van der Waals surface area (Å²) >= 11 is 0. The number of likely N-dealkylation sites (N-methyl/N-ethyl adjacent to an activating group) is 1. The van der Waals surface area contributed by atoms with Gasteiger partial charge in [0.1, 0.15) is 0 Å². The molecule has 1 aliphatic rings. The smallest absolute Gasteiger partial charge is 0.251 e. The molecule has 3 nitrogen and oxygen atoms in total. The summed E-state index contributed by atoms with van der Waals surface area (Å²) in [7, 11) is 5.62. The first-order chi connectivity index (χ1) is 8.45. The van der Waals surface area contributed by atoms with Crippen molar-refractivity contribution < 1.29 is 4.79 Å². The lowest BCUT2D eigenvalue weighted by molar-refractivity contribution is -0.125. The minimum atomic E-state index is 0.0985. The molecule has 1 aromatic carbocycles. The Morgan fingerprint density at radius 3 is 2.50 bits per heavy atom. The summed E-state index contributed by atoms with van der Waals surface area (Å²) in [5.41, 5.74) is 4.34. The molecule has 0 saturated carbocycles. The fourth-order valence-electron chi connectivity index (χ4n) is 2.57. The fourth-order valence-corrected chi connectivity index (χ4v) is 2.57. The van der Waals surface area contributed by atoms with Gasteiger partial charge in [-0.15, -0.1) is 0 Å². The number of anilines is 1. The van der Waals surface area contributed by atoms with Crippen LogP contribution < -0.4 is 4.90 Å². The molecule has 0 fully saturated rings. The topological polar surface area (TPSA) is 23.6 Å². The number of amides is 1. The molecule has 1 amide bonds. The maximum Gasteiger partial charge on any atom is 0.251 e. The van der Waals surface area contributed by atoms with E-state index in [-0.39, 0.29) is 11.8 Å². The van der Waals surface area contributed by atoms with Gasteiger partial charge in [0.2, 0.25) is 0 Å². The average molecular weight is 244 g/mol. The minimum Gasteiger partial charge on any atom is -0.348 e. The van der Waals surface area contributed by atoms with E-state index in [1.165, 1.54) is 11.3 Å². The maximum atomic E-state index is 12.3. The van der Waals surface area contributed by atoms with Crippen molar-refractivity contribution in [1.82, 2.24) is 4.90 Å². The lowest BCUT2D eigenvalue weighted by Gasteiger charge is -2.35. The highest BCUT2D eigenvalue weighted by molar-refractivity contribution is 5.97. The number of allylic oxidation sites excluding steroid dienone is 1. The van der Waals surface area contributed by atoms with Crippen molar-refractivity contribution in [2.75, 3.05) is 26.0 Å². The van der Waals surface area contributed by atoms with Gasteiger partial charge in [-0.3, -0.25) is 4.79 Å². The largest absolute Gasteiger partial charge is 0.348 e. The summed E-state index contributed by atoms with van der Waals surface area (Å²) in [6.07, 6.45) is 0. The van der Waals surface area contributed by atoms with Crippen LogP contribution in [0.25, 0.3) is 0 Å². The van der Waals surface area contributed by atoms with Crippen LogP contribution in [0.15, 0.2) is 35.5 Å². The van der Waals surface area contributed by atoms with Gasteiger partial charge in [0.25, 0.3) is 5.91 Å². The predicted molar refractivity (Wildman–Crippen MR) is 74.7 cm³/mol. The first-order valence-corrected chi connectivity index (χ1v) is 6.20. The van der Waals surface area contributed by atoms with Crippen LogP contribution in [-0.4, -0.2) is 32.0 Å². The third-order valence-corrected chi connectivity index (χ3v) is 3.73. The second-order valence-electron chi connectivity index (χ2n) is 5.04. The normalized spacial score (nSPS) is 18.7. The second-order valence-corrected chi connectivity index (χ2v) is 5.04. The fraction of sp³-hybridized carbons (Fsp3) is 0.400. The van der Waals surface area contributed by atoms with E-state index in [0.717, 1.165) is 11.3 Å². The third-order valence-electron chi connectivity index (χ3n) is 3.73. The number of rotatable bonds is 1. The van der Waals surface area contributed by atoms with E-state index in [1.807, 2.05) is 26.1 Å². The van der Waals surface area contributed by atoms with Crippen molar-refractivity contribution in [3.8, 4) is 0 Å². The number of fused-ring (bicyclic) bond motifs is 1. The Morgan fingerprint density at radius 2 is 1.89 bits per heavy atom. The number of benzene rings is 1. The Labute approximate surface area is 109 Å². The molecule has 2 rings (SSSR count). The molecule has 1 aromatic rings. The van der Waals surface area contributed by atoms with E-state index < -0.39 is 0 Å². The van der Waals surface area contributed by atoms with Crippen LogP contribution in [0.4, 0.5) is 5.69 Å². The van der Waals surface area contributed by atoms with E-state index in [9.17, 15) is 4.79 Å². The number of para-hydroxylation sites is 1. The molecule has 1 atom stereocenters. The van der Waals surface area contributed by atoms with Crippen LogP contribution in [-0.2, 0) is 4.79 Å². The SMILES string of the molecule is CC1=C(C(=O)N(C)C)C(C)c2ccccc2N1C. The van der Waals surface area contributed by atoms with Gasteiger partial charge in [-0.25, -0.2) is 0 Å². The molecule has 0 radical (unpaired) electrons. The zero-order chi connectivity index (χ0) is 13.4. The molecule has 3 heteroatoms. The van der Waals surface area contributed by atoms with E-state index in [1.54, 1.807) is 19.0 Å². The lowest BCUT2D eigenvalue weighted by Crippen LogP contribution is -2.33. The summed E-state index contributed by atoms with van der Waals surface area (Å²) < 4.78 is 0. The van der Waals surface area contributed by atoms with E-state index in [2.05, 4.69) is 24.0 Å². The molecule has 0 bridgehead atoms. The molecular formula is C15H20N2O. The number of nitrogens with zero attached hydrogens (tertiary/aromatic N) is 2. The Hall–Kier alpha value is -1.77. The summed E-state index contributed by atoms with van der Waals surface area (Å²) in [6.45, 7) is 4.12. The Balaban J connectivity index is 2.56. The second kappa shape index (κ2) is 4.48. The van der Waals surface area contributed by atoms with Crippen molar-refractivity contribution in [3.05, 3.63) is 41.1 Å². The number of carbonyl (C=O) groups excluding carboxylic acids is 1. The first kappa shape index (κ1) is 12.7. The van der Waals surface area contributed by atoms with Gasteiger partial charge in [0, 0.05) is 44.0 Å². The quantitative estimate of drug-likeness (QED) is 0.758. The molecule has 0 aromatic heterocycles. The van der Waals surface area contributed by atoms with Crippen LogP contribution in [0, 0.1) is 0 Å². The predicted octanol–water partition coefficient (Wildman–Crippen LogP) is 2.60. The number of hydrogen-bond donors (Lipinski definition) is 0. The summed E-state index contributed by atoms with van der Waals surface area (Å²) in [5, 5.41) is 0. The summed E-state index contributed by atoms with van der Waals surface area (Å²) in [6, 6.07) is 8.27. The highest BCUT2D eigenvalue weighted by atomic mass is 16.2. The Bertz CT molecular complexity index is 517. The van der Waals surface area contributed by atoms with E-state index in [0.29, 0.717) is 0 Å². The standard InChI is InChI=1S/C15H20N2O/c1-10-12-8-6-7-9-13(12)17(5)11(2)14(10)15(18)16(3)4/h6-10H,1-5H3. The van der Waals surface area contributed by atoms with Gasteiger partial charge >= 0.3 is 0 Å². The number of hydrogen-bond acceptors (Lipinski definition) is 2. The third kappa shape index (κ3) is 1.80. The molecule has 0 aliphatic carbocycles. The van der Waals surface area contributed by atoms with Crippen LogP contribution >= 0.6 is 0 Å². The average Bonchev–Trinajstić information content (AvgIpc) is 2.36. The Kier molecular flexibility index (Phi) is 3.16. The monoisotopic (exact) mass is 244 g/mol. The van der Waals surface area contributed by atoms with Gasteiger partial charge in [-0.2, -0.15) is 0 Å². The molecule has 18 heavy (non-hydrogen) atoms. The van der Waals surface area contributed by atoms with Gasteiger partial charge in [0.05, 0.1) is 0 Å². The van der Waals surface area contributed by atoms with Gasteiger partial charge in [0.15, 0.2) is 0 Å². The lowest BCUT2D eigenvalue weighted by atomic mass is 9.86.